The summed E-state index contributed by atoms with van der Waals surface area (Å²) in [7, 11) is 0. The first-order valence-corrected chi connectivity index (χ1v) is 6.14. The van der Waals surface area contributed by atoms with E-state index >= 15 is 0 Å². The van der Waals surface area contributed by atoms with Crippen LogP contribution in [0, 0.1) is 12.8 Å². The van der Waals surface area contributed by atoms with E-state index in [0.29, 0.717) is 0 Å². The maximum absolute atomic E-state index is 6.10. The molecule has 0 spiro atoms. The van der Waals surface area contributed by atoms with E-state index in [1.54, 1.807) is 0 Å². The lowest BCUT2D eigenvalue weighted by molar-refractivity contribution is 0.108. The summed E-state index contributed by atoms with van der Waals surface area (Å²) in [6, 6.07) is 8.39. The van der Waals surface area contributed by atoms with Crippen LogP contribution >= 0.6 is 0 Å². The molecule has 1 aliphatic rings. The third kappa shape index (κ3) is 2.76. The average Bonchev–Trinajstić information content (AvgIpc) is 2.24. The summed E-state index contributed by atoms with van der Waals surface area (Å²) in [5, 5.41) is 0. The minimum absolute atomic E-state index is 0.186. The maximum atomic E-state index is 6.10. The van der Waals surface area contributed by atoms with E-state index in [1.165, 1.54) is 12.0 Å². The van der Waals surface area contributed by atoms with E-state index in [2.05, 4.69) is 26.0 Å². The first kappa shape index (κ1) is 11.5. The zero-order valence-electron chi connectivity index (χ0n) is 10.1. The van der Waals surface area contributed by atoms with Crippen LogP contribution in [0.3, 0.4) is 0 Å². The van der Waals surface area contributed by atoms with Crippen LogP contribution in [0.25, 0.3) is 0 Å². The Morgan fingerprint density at radius 2 is 2.12 bits per heavy atom. The van der Waals surface area contributed by atoms with Gasteiger partial charge in [0, 0.05) is 6.04 Å². The van der Waals surface area contributed by atoms with E-state index < -0.39 is 0 Å². The number of hydrogen-bond donors (Lipinski definition) is 1. The van der Waals surface area contributed by atoms with Gasteiger partial charge in [0.05, 0.1) is 0 Å². The predicted molar refractivity (Wildman–Crippen MR) is 66.6 cm³/mol. The van der Waals surface area contributed by atoms with E-state index in [9.17, 15) is 0 Å². The number of ether oxygens (including phenoxy) is 1. The van der Waals surface area contributed by atoms with Gasteiger partial charge in [0.1, 0.15) is 11.9 Å². The molecule has 88 valence electrons. The van der Waals surface area contributed by atoms with E-state index in [4.69, 9.17) is 10.5 Å². The summed E-state index contributed by atoms with van der Waals surface area (Å²) < 4.78 is 5.99. The smallest absolute Gasteiger partial charge is 0.120 e. The van der Waals surface area contributed by atoms with Crippen LogP contribution in [-0.4, -0.2) is 12.1 Å². The molecule has 1 aromatic carbocycles. The normalized spacial score (nSPS) is 30.1. The average molecular weight is 219 g/mol. The van der Waals surface area contributed by atoms with Crippen LogP contribution in [0.5, 0.6) is 5.75 Å². The highest BCUT2D eigenvalue weighted by atomic mass is 16.5. The third-order valence-electron chi connectivity index (χ3n) is 3.38. The summed E-state index contributed by atoms with van der Waals surface area (Å²) in [6.07, 6.45) is 3.58. The molecule has 1 fully saturated rings. The molecule has 0 amide bonds. The Kier molecular flexibility index (Phi) is 3.49. The first-order valence-electron chi connectivity index (χ1n) is 6.14. The molecule has 3 unspecified atom stereocenters. The lowest BCUT2D eigenvalue weighted by Crippen LogP contribution is -2.43. The molecular formula is C14H21NO. The van der Waals surface area contributed by atoms with Crippen molar-refractivity contribution in [2.45, 2.75) is 45.3 Å². The topological polar surface area (TPSA) is 35.2 Å². The van der Waals surface area contributed by atoms with Gasteiger partial charge in [0.25, 0.3) is 0 Å². The lowest BCUT2D eigenvalue weighted by Gasteiger charge is -2.32. The maximum Gasteiger partial charge on any atom is 0.120 e. The van der Waals surface area contributed by atoms with Crippen molar-refractivity contribution in [3.63, 3.8) is 0 Å². The molecule has 2 nitrogen and oxygen atoms in total. The Morgan fingerprint density at radius 3 is 2.88 bits per heavy atom. The van der Waals surface area contributed by atoms with Gasteiger partial charge in [-0.05, 0) is 49.8 Å². The first-order chi connectivity index (χ1) is 7.65. The summed E-state index contributed by atoms with van der Waals surface area (Å²) in [6.45, 7) is 4.36. The van der Waals surface area contributed by atoms with E-state index in [-0.39, 0.29) is 12.1 Å². The molecule has 0 radical (unpaired) electrons. The molecule has 2 rings (SSSR count). The molecule has 1 saturated carbocycles. The van der Waals surface area contributed by atoms with Crippen LogP contribution in [0.15, 0.2) is 24.3 Å². The van der Waals surface area contributed by atoms with Crippen LogP contribution in [0.4, 0.5) is 0 Å². The zero-order valence-corrected chi connectivity index (χ0v) is 10.1. The van der Waals surface area contributed by atoms with E-state index in [1.807, 2.05) is 12.1 Å². The van der Waals surface area contributed by atoms with Crippen molar-refractivity contribution in [3.8, 4) is 5.75 Å². The second-order valence-electron chi connectivity index (χ2n) is 5.05. The Hall–Kier alpha value is -1.02. The second-order valence-corrected chi connectivity index (χ2v) is 5.05. The largest absolute Gasteiger partial charge is 0.489 e. The molecule has 1 aromatic rings. The number of nitrogens with two attached hydrogens (primary N) is 1. The van der Waals surface area contributed by atoms with Crippen LogP contribution < -0.4 is 10.5 Å². The molecule has 3 atom stereocenters. The molecular weight excluding hydrogens is 198 g/mol. The van der Waals surface area contributed by atoms with Crippen molar-refractivity contribution in [3.05, 3.63) is 29.8 Å². The third-order valence-corrected chi connectivity index (χ3v) is 3.38. The molecule has 0 aliphatic heterocycles. The van der Waals surface area contributed by atoms with Crippen LogP contribution in [-0.2, 0) is 0 Å². The van der Waals surface area contributed by atoms with Gasteiger partial charge in [0.15, 0.2) is 0 Å². The molecule has 2 N–H and O–H groups in total. The molecule has 1 aliphatic carbocycles. The highest BCUT2D eigenvalue weighted by molar-refractivity contribution is 5.27. The van der Waals surface area contributed by atoms with Crippen LogP contribution in [0.2, 0.25) is 0 Å². The molecule has 0 bridgehead atoms. The van der Waals surface area contributed by atoms with Gasteiger partial charge in [-0.15, -0.1) is 0 Å². The van der Waals surface area contributed by atoms with Crippen molar-refractivity contribution in [2.24, 2.45) is 11.7 Å². The SMILES string of the molecule is Cc1cccc(OC2CC(C)CCC2N)c1. The Balaban J connectivity index is 2.02. The number of rotatable bonds is 2. The summed E-state index contributed by atoms with van der Waals surface area (Å²) >= 11 is 0. The molecule has 0 saturated heterocycles. The quantitative estimate of drug-likeness (QED) is 0.830. The van der Waals surface area contributed by atoms with Gasteiger partial charge in [-0.3, -0.25) is 0 Å². The van der Waals surface area contributed by atoms with Crippen molar-refractivity contribution in [2.75, 3.05) is 0 Å². The van der Waals surface area contributed by atoms with Gasteiger partial charge in [-0.2, -0.15) is 0 Å². The Morgan fingerprint density at radius 1 is 1.31 bits per heavy atom. The fraction of sp³-hybridized carbons (Fsp3) is 0.571. The van der Waals surface area contributed by atoms with Crippen molar-refractivity contribution in [1.29, 1.82) is 0 Å². The van der Waals surface area contributed by atoms with Crippen molar-refractivity contribution >= 4 is 0 Å². The monoisotopic (exact) mass is 219 g/mol. The van der Waals surface area contributed by atoms with Gasteiger partial charge in [0.2, 0.25) is 0 Å². The standard InChI is InChI=1S/C14H21NO/c1-10-4-3-5-12(8-10)16-14-9-11(2)6-7-13(14)15/h3-5,8,11,13-14H,6-7,9,15H2,1-2H3. The number of aryl methyl sites for hydroxylation is 1. The Labute approximate surface area is 97.8 Å². The number of hydrogen-bond acceptors (Lipinski definition) is 2. The highest BCUT2D eigenvalue weighted by Crippen LogP contribution is 2.27. The molecule has 0 aromatic heterocycles. The predicted octanol–water partition coefficient (Wildman–Crippen LogP) is 2.89. The van der Waals surface area contributed by atoms with Gasteiger partial charge >= 0.3 is 0 Å². The summed E-state index contributed by atoms with van der Waals surface area (Å²) in [4.78, 5) is 0. The second kappa shape index (κ2) is 4.88. The van der Waals surface area contributed by atoms with E-state index in [0.717, 1.165) is 24.5 Å². The fourth-order valence-electron chi connectivity index (χ4n) is 2.35. The Bertz CT molecular complexity index is 350. The minimum atomic E-state index is 0.186. The van der Waals surface area contributed by atoms with Gasteiger partial charge < -0.3 is 10.5 Å². The highest BCUT2D eigenvalue weighted by Gasteiger charge is 2.27. The summed E-state index contributed by atoms with van der Waals surface area (Å²) in [5.74, 6) is 1.68. The molecule has 16 heavy (non-hydrogen) atoms. The van der Waals surface area contributed by atoms with Crippen molar-refractivity contribution in [1.82, 2.24) is 0 Å². The summed E-state index contributed by atoms with van der Waals surface area (Å²) in [5.41, 5.74) is 7.33. The van der Waals surface area contributed by atoms with Crippen LogP contribution in [0.1, 0.15) is 31.7 Å². The van der Waals surface area contributed by atoms with Crippen molar-refractivity contribution < 1.29 is 4.74 Å². The minimum Gasteiger partial charge on any atom is -0.489 e. The lowest BCUT2D eigenvalue weighted by atomic mass is 9.85. The number of benzene rings is 1. The van der Waals surface area contributed by atoms with Gasteiger partial charge in [-0.25, -0.2) is 0 Å². The van der Waals surface area contributed by atoms with Gasteiger partial charge in [-0.1, -0.05) is 19.1 Å². The molecule has 0 heterocycles. The zero-order chi connectivity index (χ0) is 11.5. The fourth-order valence-corrected chi connectivity index (χ4v) is 2.35. The molecule has 2 heteroatoms.